The molecule has 0 bridgehead atoms. The molecule has 6 rings (SSSR count). The van der Waals surface area contributed by atoms with Crippen molar-refractivity contribution in [1.29, 1.82) is 0 Å². The molecule has 0 spiro atoms. The van der Waals surface area contributed by atoms with Gasteiger partial charge in [0.1, 0.15) is 6.17 Å². The van der Waals surface area contributed by atoms with E-state index in [0.717, 1.165) is 5.69 Å². The van der Waals surface area contributed by atoms with Gasteiger partial charge in [0.15, 0.2) is 6.98 Å². The van der Waals surface area contributed by atoms with E-state index >= 15 is 0 Å². The van der Waals surface area contributed by atoms with Gasteiger partial charge in [-0.05, 0) is 50.1 Å². The molecular weight excluding hydrogens is 444 g/mol. The molecule has 0 aliphatic carbocycles. The first-order valence-corrected chi connectivity index (χ1v) is 9.98. The van der Waals surface area contributed by atoms with Gasteiger partial charge in [0, 0.05) is 11.4 Å². The number of benzene rings is 3. The van der Waals surface area contributed by atoms with Crippen molar-refractivity contribution < 1.29 is 19.5 Å². The monoisotopic (exact) mass is 467 g/mol. The predicted octanol–water partition coefficient (Wildman–Crippen LogP) is 6.53. The summed E-state index contributed by atoms with van der Waals surface area (Å²) in [6.07, 6.45) is 0.195. The van der Waals surface area contributed by atoms with Crippen LogP contribution in [0.1, 0.15) is 18.1 Å². The maximum absolute atomic E-state index is 4.94. The van der Waals surface area contributed by atoms with Crippen LogP contribution in [0.25, 0.3) is 5.23 Å². The van der Waals surface area contributed by atoms with Gasteiger partial charge in [0.25, 0.3) is 0 Å². The second-order valence-corrected chi connectivity index (χ2v) is 8.03. The number of anilines is 6. The first-order chi connectivity index (χ1) is 13.6. The van der Waals surface area contributed by atoms with Crippen LogP contribution in [0.3, 0.4) is 0 Å². The molecule has 145 valence electrons. The van der Waals surface area contributed by atoms with Crippen molar-refractivity contribution in [3.05, 3.63) is 71.0 Å². The molecule has 6 heteroatoms. The van der Waals surface area contributed by atoms with Crippen molar-refractivity contribution in [3.8, 4) is 0 Å². The van der Waals surface area contributed by atoms with Crippen LogP contribution in [0.15, 0.2) is 54.6 Å². The Morgan fingerprint density at radius 3 is 2.28 bits per heavy atom. The van der Waals surface area contributed by atoms with E-state index in [0.29, 0.717) is 0 Å². The fourth-order valence-corrected chi connectivity index (χ4v) is 5.21. The van der Waals surface area contributed by atoms with E-state index in [2.05, 4.69) is 96.8 Å². The van der Waals surface area contributed by atoms with Gasteiger partial charge >= 0.3 is 19.5 Å². The van der Waals surface area contributed by atoms with Gasteiger partial charge in [-0.2, -0.15) is 0 Å². The third-order valence-electron chi connectivity index (χ3n) is 6.39. The molecule has 0 aromatic heterocycles. The summed E-state index contributed by atoms with van der Waals surface area (Å²) in [6, 6.07) is 19.7. The minimum absolute atomic E-state index is 0. The molecule has 0 amide bonds. The Labute approximate surface area is 185 Å². The zero-order valence-electron chi connectivity index (χ0n) is 17.0. The van der Waals surface area contributed by atoms with Crippen LogP contribution < -0.4 is 14.6 Å². The van der Waals surface area contributed by atoms with Gasteiger partial charge in [-0.1, -0.05) is 43.2 Å². The van der Waals surface area contributed by atoms with E-state index in [4.69, 9.17) is 5.23 Å². The Morgan fingerprint density at radius 1 is 0.759 bits per heavy atom. The molecule has 0 N–H and O–H groups in total. The van der Waals surface area contributed by atoms with Gasteiger partial charge in [-0.25, -0.2) is 0 Å². The van der Waals surface area contributed by atoms with Crippen LogP contribution in [0, 0.1) is 13.8 Å². The molecule has 4 nitrogen and oxygen atoms in total. The molecule has 3 aliphatic rings. The standard InChI is InChI=1S/C23H22BN4.Ru/c1-14-8-5-6-9-18(14)26-16(3)27-21-15(2)12-13-17-22(21)28(24(4)25-17)20-11-7-10-19(26)23(20)27;/h5-13,16H,1-4H3;/q-1;+1/t16-;/m1./s1. The number of nitrogens with zero attached hydrogens (tertiary/aromatic N) is 4. The maximum Gasteiger partial charge on any atom is 1.00 e. The van der Waals surface area contributed by atoms with E-state index < -0.39 is 0 Å². The number of aryl methyl sites for hydroxylation is 2. The van der Waals surface area contributed by atoms with Gasteiger partial charge in [0.2, 0.25) is 0 Å². The Balaban J connectivity index is 0.00000181. The van der Waals surface area contributed by atoms with Crippen LogP contribution >= 0.6 is 0 Å². The number of fused-ring (bicyclic) bond motifs is 2. The third-order valence-corrected chi connectivity index (χ3v) is 6.39. The Bertz CT molecular complexity index is 1150. The topological polar surface area (TPSA) is 23.8 Å². The minimum atomic E-state index is 0. The summed E-state index contributed by atoms with van der Waals surface area (Å²) in [4.78, 5) is 7.42. The fraction of sp³-hybridized carbons (Fsp3) is 0.217. The number of hydrogen-bond donors (Lipinski definition) is 0. The smallest absolute Gasteiger partial charge is 0.687 e. The normalized spacial score (nSPS) is 17.7. The van der Waals surface area contributed by atoms with Gasteiger partial charge in [-0.3, -0.25) is 0 Å². The van der Waals surface area contributed by atoms with Crippen molar-refractivity contribution in [2.45, 2.75) is 33.8 Å². The number of rotatable bonds is 1. The van der Waals surface area contributed by atoms with Crippen LogP contribution in [0.4, 0.5) is 39.8 Å². The van der Waals surface area contributed by atoms with Crippen LogP contribution in [0.5, 0.6) is 0 Å². The summed E-state index contributed by atoms with van der Waals surface area (Å²) in [5.41, 5.74) is 11.4. The Hall–Kier alpha value is -2.45. The molecule has 0 saturated carbocycles. The molecule has 0 fully saturated rings. The number of hydrogen-bond acceptors (Lipinski definition) is 3. The number of para-hydroxylation sites is 2. The zero-order chi connectivity index (χ0) is 19.2. The molecule has 0 unspecified atom stereocenters. The van der Waals surface area contributed by atoms with Crippen molar-refractivity contribution in [3.63, 3.8) is 0 Å². The average molecular weight is 466 g/mol. The van der Waals surface area contributed by atoms with Gasteiger partial charge in [0.05, 0.1) is 22.7 Å². The average Bonchev–Trinajstić information content (AvgIpc) is 3.17. The van der Waals surface area contributed by atoms with Crippen LogP contribution in [-0.4, -0.2) is 13.1 Å². The van der Waals surface area contributed by atoms with Crippen molar-refractivity contribution >= 4 is 46.8 Å². The molecule has 3 aromatic rings. The molecule has 3 aromatic carbocycles. The second kappa shape index (κ2) is 6.27. The largest absolute Gasteiger partial charge is 1.00 e. The van der Waals surface area contributed by atoms with Crippen molar-refractivity contribution in [1.82, 2.24) is 0 Å². The van der Waals surface area contributed by atoms with Gasteiger partial charge < -0.3 is 19.8 Å². The minimum Gasteiger partial charge on any atom is -0.687 e. The van der Waals surface area contributed by atoms with E-state index in [-0.39, 0.29) is 32.6 Å². The first kappa shape index (κ1) is 18.6. The SMILES string of the molecule is CB1[N-]c2ccc(C)c3c2N1c1cccc2c1N3[C@H](C)N2c1ccccc1C.[Ru+]. The summed E-state index contributed by atoms with van der Waals surface area (Å²) in [5.74, 6) is 0. The summed E-state index contributed by atoms with van der Waals surface area (Å²) in [7, 11) is 0. The molecule has 1 radical (unpaired) electrons. The summed E-state index contributed by atoms with van der Waals surface area (Å²) in [5, 5.41) is 4.94. The van der Waals surface area contributed by atoms with Crippen LogP contribution in [0.2, 0.25) is 6.82 Å². The fourth-order valence-electron chi connectivity index (χ4n) is 5.21. The summed E-state index contributed by atoms with van der Waals surface area (Å²) in [6.45, 7) is 9.02. The molecule has 1 atom stereocenters. The molecular formula is C23H22BN4Ru. The molecule has 29 heavy (non-hydrogen) atoms. The van der Waals surface area contributed by atoms with E-state index in [1.54, 1.807) is 0 Å². The molecule has 3 aliphatic heterocycles. The Kier molecular flexibility index (Phi) is 4.02. The quantitative estimate of drug-likeness (QED) is 0.382. The summed E-state index contributed by atoms with van der Waals surface area (Å²) >= 11 is 0. The summed E-state index contributed by atoms with van der Waals surface area (Å²) < 4.78 is 0. The van der Waals surface area contributed by atoms with Crippen molar-refractivity contribution in [2.24, 2.45) is 0 Å². The first-order valence-electron chi connectivity index (χ1n) is 9.98. The van der Waals surface area contributed by atoms with E-state index in [1.807, 2.05) is 0 Å². The van der Waals surface area contributed by atoms with Crippen molar-refractivity contribution in [2.75, 3.05) is 14.6 Å². The van der Waals surface area contributed by atoms with E-state index in [9.17, 15) is 0 Å². The molecule has 0 saturated heterocycles. The van der Waals surface area contributed by atoms with Gasteiger partial charge in [-0.15, -0.1) is 5.69 Å². The zero-order valence-corrected chi connectivity index (χ0v) is 18.7. The predicted molar refractivity (Wildman–Crippen MR) is 119 cm³/mol. The second-order valence-electron chi connectivity index (χ2n) is 8.03. The van der Waals surface area contributed by atoms with Crippen LogP contribution in [-0.2, 0) is 19.5 Å². The maximum atomic E-state index is 4.94. The van der Waals surface area contributed by atoms with E-state index in [1.165, 1.54) is 45.3 Å². The Morgan fingerprint density at radius 2 is 1.48 bits per heavy atom. The molecule has 3 heterocycles. The third kappa shape index (κ3) is 2.24.